The first-order chi connectivity index (χ1) is 10.6. The van der Waals surface area contributed by atoms with Crippen molar-refractivity contribution in [3.63, 3.8) is 0 Å². The van der Waals surface area contributed by atoms with Gasteiger partial charge in [-0.1, -0.05) is 6.07 Å². The Bertz CT molecular complexity index is 781. The lowest BCUT2D eigenvalue weighted by Crippen LogP contribution is -2.32. The molecule has 0 aliphatic carbocycles. The topological polar surface area (TPSA) is 73.9 Å². The molecular formula is C16H17N5O. The zero-order chi connectivity index (χ0) is 15.5. The third-order valence-electron chi connectivity index (χ3n) is 3.47. The first-order valence-electron chi connectivity index (χ1n) is 6.95. The molecule has 0 fully saturated rings. The number of hydrogen-bond acceptors (Lipinski definition) is 4. The maximum absolute atomic E-state index is 12.6. The number of anilines is 1. The van der Waals surface area contributed by atoms with Crippen LogP contribution in [-0.2, 0) is 4.79 Å². The molecule has 6 nitrogen and oxygen atoms in total. The average molecular weight is 295 g/mol. The molecule has 1 atom stereocenters. The summed E-state index contributed by atoms with van der Waals surface area (Å²) in [6.45, 7) is 0. The summed E-state index contributed by atoms with van der Waals surface area (Å²) in [5, 5.41) is 10.8. The van der Waals surface area contributed by atoms with E-state index in [1.54, 1.807) is 18.6 Å². The molecule has 6 heteroatoms. The van der Waals surface area contributed by atoms with Gasteiger partial charge < -0.3 is 5.32 Å². The Morgan fingerprint density at radius 3 is 2.86 bits per heavy atom. The monoisotopic (exact) mass is 295 g/mol. The number of carbonyl (C=O) groups is 1. The summed E-state index contributed by atoms with van der Waals surface area (Å²) in [5.74, 6) is -0.100. The smallest absolute Gasteiger partial charge is 0.246 e. The highest BCUT2D eigenvalue weighted by Gasteiger charge is 2.23. The van der Waals surface area contributed by atoms with E-state index in [0.29, 0.717) is 0 Å². The Morgan fingerprint density at radius 1 is 1.27 bits per heavy atom. The molecule has 0 aliphatic heterocycles. The predicted octanol–water partition coefficient (Wildman–Crippen LogP) is 2.20. The quantitative estimate of drug-likeness (QED) is 0.774. The fraction of sp³-hybridized carbons (Fsp3) is 0.188. The summed E-state index contributed by atoms with van der Waals surface area (Å²) in [6, 6.07) is 8.99. The number of aromatic nitrogens is 3. The standard InChI is InChI=1S/C16H17N5O/c1-21(2)15(12-4-3-7-17-9-12)16(22)19-13-6-5-11-10-18-20-14(11)8-13/h3-10,15H,1-2H3,(H,18,20)(H,19,22). The van der Waals surface area contributed by atoms with Gasteiger partial charge in [-0.05, 0) is 43.9 Å². The van der Waals surface area contributed by atoms with E-state index in [0.717, 1.165) is 22.2 Å². The lowest BCUT2D eigenvalue weighted by atomic mass is 10.1. The molecule has 0 bridgehead atoms. The molecule has 112 valence electrons. The van der Waals surface area contributed by atoms with Crippen molar-refractivity contribution >= 4 is 22.5 Å². The highest BCUT2D eigenvalue weighted by molar-refractivity contribution is 5.97. The molecule has 1 unspecified atom stereocenters. The molecule has 0 saturated heterocycles. The van der Waals surface area contributed by atoms with Gasteiger partial charge in [-0.3, -0.25) is 19.8 Å². The Balaban J connectivity index is 1.84. The van der Waals surface area contributed by atoms with Crippen LogP contribution in [0.1, 0.15) is 11.6 Å². The number of H-pyrrole nitrogens is 1. The summed E-state index contributed by atoms with van der Waals surface area (Å²) < 4.78 is 0. The van der Waals surface area contributed by atoms with E-state index < -0.39 is 6.04 Å². The van der Waals surface area contributed by atoms with Crippen LogP contribution in [0.3, 0.4) is 0 Å². The van der Waals surface area contributed by atoms with Crippen LogP contribution >= 0.6 is 0 Å². The Morgan fingerprint density at radius 2 is 2.14 bits per heavy atom. The second-order valence-electron chi connectivity index (χ2n) is 5.31. The van der Waals surface area contributed by atoms with Gasteiger partial charge >= 0.3 is 0 Å². The molecule has 1 amide bonds. The molecule has 2 heterocycles. The van der Waals surface area contributed by atoms with Crippen molar-refractivity contribution in [2.45, 2.75) is 6.04 Å². The van der Waals surface area contributed by atoms with Gasteiger partial charge in [0.25, 0.3) is 0 Å². The third kappa shape index (κ3) is 2.82. The van der Waals surface area contributed by atoms with Crippen molar-refractivity contribution in [2.75, 3.05) is 19.4 Å². The van der Waals surface area contributed by atoms with E-state index >= 15 is 0 Å². The first-order valence-corrected chi connectivity index (χ1v) is 6.95. The number of rotatable bonds is 4. The largest absolute Gasteiger partial charge is 0.324 e. The molecule has 0 saturated carbocycles. The van der Waals surface area contributed by atoms with Crippen molar-refractivity contribution in [3.05, 3.63) is 54.5 Å². The first kappa shape index (κ1) is 14.2. The van der Waals surface area contributed by atoms with E-state index in [4.69, 9.17) is 0 Å². The SMILES string of the molecule is CN(C)C(C(=O)Nc1ccc2cn[nH]c2c1)c1cccnc1. The molecule has 1 aromatic carbocycles. The van der Waals surface area contributed by atoms with Gasteiger partial charge in [-0.25, -0.2) is 0 Å². The average Bonchev–Trinajstić information content (AvgIpc) is 2.95. The van der Waals surface area contributed by atoms with Crippen LogP contribution in [-0.4, -0.2) is 40.1 Å². The number of carbonyl (C=O) groups excluding carboxylic acids is 1. The Kier molecular flexibility index (Phi) is 3.84. The number of aromatic amines is 1. The van der Waals surface area contributed by atoms with E-state index in [1.807, 2.05) is 49.3 Å². The van der Waals surface area contributed by atoms with Crippen LogP contribution < -0.4 is 5.32 Å². The Labute approximate surface area is 128 Å². The molecule has 0 spiro atoms. The number of likely N-dealkylation sites (N-methyl/N-ethyl adjacent to an activating group) is 1. The summed E-state index contributed by atoms with van der Waals surface area (Å²) >= 11 is 0. The van der Waals surface area contributed by atoms with E-state index in [-0.39, 0.29) is 5.91 Å². The van der Waals surface area contributed by atoms with Crippen molar-refractivity contribution in [1.29, 1.82) is 0 Å². The highest BCUT2D eigenvalue weighted by atomic mass is 16.2. The molecule has 0 radical (unpaired) electrons. The van der Waals surface area contributed by atoms with Gasteiger partial charge in [-0.15, -0.1) is 0 Å². The fourth-order valence-corrected chi connectivity index (χ4v) is 2.45. The number of hydrogen-bond donors (Lipinski definition) is 2. The zero-order valence-corrected chi connectivity index (χ0v) is 12.4. The van der Waals surface area contributed by atoms with Gasteiger partial charge in [-0.2, -0.15) is 5.10 Å². The summed E-state index contributed by atoms with van der Waals surface area (Å²) in [6.07, 6.45) is 5.15. The second-order valence-corrected chi connectivity index (χ2v) is 5.31. The van der Waals surface area contributed by atoms with Crippen LogP contribution in [0.4, 0.5) is 5.69 Å². The summed E-state index contributed by atoms with van der Waals surface area (Å²) in [5.41, 5.74) is 2.48. The van der Waals surface area contributed by atoms with Gasteiger partial charge in [0.15, 0.2) is 0 Å². The molecule has 2 N–H and O–H groups in total. The normalized spacial score (nSPS) is 12.5. The number of fused-ring (bicyclic) bond motifs is 1. The maximum Gasteiger partial charge on any atom is 0.246 e. The van der Waals surface area contributed by atoms with E-state index in [2.05, 4.69) is 20.5 Å². The number of pyridine rings is 1. The van der Waals surface area contributed by atoms with Crippen LogP contribution in [0.2, 0.25) is 0 Å². The molecule has 0 aliphatic rings. The van der Waals surface area contributed by atoms with Crippen LogP contribution in [0, 0.1) is 0 Å². The fourth-order valence-electron chi connectivity index (χ4n) is 2.45. The lowest BCUT2D eigenvalue weighted by Gasteiger charge is -2.23. The van der Waals surface area contributed by atoms with Gasteiger partial charge in [0.2, 0.25) is 5.91 Å². The lowest BCUT2D eigenvalue weighted by molar-refractivity contribution is -0.120. The molecule has 3 aromatic rings. The van der Waals surface area contributed by atoms with Crippen LogP contribution in [0.25, 0.3) is 10.9 Å². The van der Waals surface area contributed by atoms with Crippen LogP contribution in [0.5, 0.6) is 0 Å². The maximum atomic E-state index is 12.6. The molecule has 2 aromatic heterocycles. The second kappa shape index (κ2) is 5.95. The zero-order valence-electron chi connectivity index (χ0n) is 12.4. The minimum Gasteiger partial charge on any atom is -0.324 e. The molecule has 22 heavy (non-hydrogen) atoms. The minimum atomic E-state index is -0.397. The Hall–Kier alpha value is -2.73. The molecule has 3 rings (SSSR count). The number of nitrogens with one attached hydrogen (secondary N) is 2. The third-order valence-corrected chi connectivity index (χ3v) is 3.47. The van der Waals surface area contributed by atoms with E-state index in [9.17, 15) is 4.79 Å². The van der Waals surface area contributed by atoms with Gasteiger partial charge in [0.05, 0.1) is 11.7 Å². The van der Waals surface area contributed by atoms with E-state index in [1.165, 1.54) is 0 Å². The highest BCUT2D eigenvalue weighted by Crippen LogP contribution is 2.21. The van der Waals surface area contributed by atoms with Gasteiger partial charge in [0, 0.05) is 23.5 Å². The summed E-state index contributed by atoms with van der Waals surface area (Å²) in [4.78, 5) is 18.6. The summed E-state index contributed by atoms with van der Waals surface area (Å²) in [7, 11) is 3.74. The number of amides is 1. The number of nitrogens with zero attached hydrogens (tertiary/aromatic N) is 3. The van der Waals surface area contributed by atoms with Crippen molar-refractivity contribution in [2.24, 2.45) is 0 Å². The van der Waals surface area contributed by atoms with Crippen molar-refractivity contribution in [1.82, 2.24) is 20.1 Å². The van der Waals surface area contributed by atoms with Gasteiger partial charge in [0.1, 0.15) is 6.04 Å². The van der Waals surface area contributed by atoms with Crippen molar-refractivity contribution in [3.8, 4) is 0 Å². The predicted molar refractivity (Wildman–Crippen MR) is 85.4 cm³/mol. The van der Waals surface area contributed by atoms with Crippen LogP contribution in [0.15, 0.2) is 48.9 Å². The molecular weight excluding hydrogens is 278 g/mol. The minimum absolute atomic E-state index is 0.100. The number of benzene rings is 1. The van der Waals surface area contributed by atoms with Crippen molar-refractivity contribution < 1.29 is 4.79 Å².